The van der Waals surface area contributed by atoms with Gasteiger partial charge in [-0.1, -0.05) is 22.9 Å². The third-order valence-electron chi connectivity index (χ3n) is 3.64. The summed E-state index contributed by atoms with van der Waals surface area (Å²) >= 11 is 0. The zero-order valence-electron chi connectivity index (χ0n) is 11.6. The summed E-state index contributed by atoms with van der Waals surface area (Å²) < 4.78 is 30.3. The van der Waals surface area contributed by atoms with Gasteiger partial charge >= 0.3 is 0 Å². The Morgan fingerprint density at radius 1 is 1.30 bits per heavy atom. The number of sulfone groups is 1. The van der Waals surface area contributed by atoms with E-state index in [1.54, 1.807) is 6.07 Å². The van der Waals surface area contributed by atoms with Gasteiger partial charge in [-0.3, -0.25) is 0 Å². The molecule has 0 saturated heterocycles. The molecule has 0 radical (unpaired) electrons. The van der Waals surface area contributed by atoms with Gasteiger partial charge in [0.2, 0.25) is 0 Å². The molecule has 1 aromatic heterocycles. The quantitative estimate of drug-likeness (QED) is 0.868. The lowest BCUT2D eigenvalue weighted by atomic mass is 10.2. The van der Waals surface area contributed by atoms with Crippen LogP contribution in [0.4, 0.5) is 0 Å². The van der Waals surface area contributed by atoms with Gasteiger partial charge in [-0.15, -0.1) is 0 Å². The van der Waals surface area contributed by atoms with Gasteiger partial charge in [0.25, 0.3) is 0 Å². The number of benzene rings is 1. The highest BCUT2D eigenvalue weighted by molar-refractivity contribution is 7.90. The van der Waals surface area contributed by atoms with Crippen molar-refractivity contribution < 1.29 is 12.9 Å². The molecule has 0 bridgehead atoms. The number of hydrogen-bond donors (Lipinski definition) is 0. The van der Waals surface area contributed by atoms with Crippen LogP contribution in [0.25, 0.3) is 0 Å². The maximum Gasteiger partial charge on any atom is 0.182 e. The lowest BCUT2D eigenvalue weighted by Gasteiger charge is -2.08. The van der Waals surface area contributed by atoms with Crippen molar-refractivity contribution in [2.75, 3.05) is 0 Å². The molecule has 0 amide bonds. The average Bonchev–Trinajstić information content (AvgIpc) is 3.10. The van der Waals surface area contributed by atoms with Crippen LogP contribution >= 0.6 is 0 Å². The molecule has 0 aliphatic heterocycles. The maximum atomic E-state index is 12.6. The van der Waals surface area contributed by atoms with Crippen LogP contribution in [0.2, 0.25) is 0 Å². The zero-order chi connectivity index (χ0) is 14.3. The number of hydrogen-bond acceptors (Lipinski definition) is 4. The van der Waals surface area contributed by atoms with Gasteiger partial charge in [-0.25, -0.2) is 8.42 Å². The minimum atomic E-state index is -3.36. The number of rotatable bonds is 4. The van der Waals surface area contributed by atoms with Crippen molar-refractivity contribution in [2.45, 2.75) is 43.3 Å². The van der Waals surface area contributed by atoms with E-state index in [0.29, 0.717) is 16.4 Å². The molecule has 0 atom stereocenters. The zero-order valence-corrected chi connectivity index (χ0v) is 12.4. The van der Waals surface area contributed by atoms with Crippen LogP contribution in [-0.2, 0) is 15.6 Å². The van der Waals surface area contributed by atoms with E-state index in [4.69, 9.17) is 4.52 Å². The van der Waals surface area contributed by atoms with Gasteiger partial charge in [0.1, 0.15) is 5.76 Å². The summed E-state index contributed by atoms with van der Waals surface area (Å²) in [6.45, 7) is 3.78. The minimum Gasteiger partial charge on any atom is -0.361 e. The molecule has 1 aromatic carbocycles. The van der Waals surface area contributed by atoms with E-state index >= 15 is 0 Å². The Kier molecular flexibility index (Phi) is 3.17. The normalized spacial score (nSPS) is 15.5. The molecule has 5 heteroatoms. The first-order valence-corrected chi connectivity index (χ1v) is 8.36. The molecule has 0 N–H and O–H groups in total. The van der Waals surface area contributed by atoms with E-state index in [1.165, 1.54) is 6.20 Å². The molecule has 1 aliphatic rings. The molecule has 20 heavy (non-hydrogen) atoms. The predicted molar refractivity (Wildman–Crippen MR) is 75.3 cm³/mol. The van der Waals surface area contributed by atoms with E-state index in [2.05, 4.69) is 5.16 Å². The van der Waals surface area contributed by atoms with Crippen LogP contribution in [0.3, 0.4) is 0 Å². The van der Waals surface area contributed by atoms with E-state index in [-0.39, 0.29) is 5.75 Å². The first kappa shape index (κ1) is 13.4. The van der Waals surface area contributed by atoms with E-state index in [0.717, 1.165) is 29.7 Å². The van der Waals surface area contributed by atoms with Gasteiger partial charge < -0.3 is 4.52 Å². The Morgan fingerprint density at radius 3 is 2.70 bits per heavy atom. The Bertz CT molecular complexity index is 742. The van der Waals surface area contributed by atoms with Crippen molar-refractivity contribution in [1.82, 2.24) is 5.16 Å². The fraction of sp³-hybridized carbons (Fsp3) is 0.400. The minimum absolute atomic E-state index is 0.0355. The van der Waals surface area contributed by atoms with Crippen molar-refractivity contribution in [1.29, 1.82) is 0 Å². The summed E-state index contributed by atoms with van der Waals surface area (Å²) in [5.41, 5.74) is 2.55. The second kappa shape index (κ2) is 4.74. The molecule has 106 valence electrons. The van der Waals surface area contributed by atoms with Crippen molar-refractivity contribution in [3.63, 3.8) is 0 Å². The number of aryl methyl sites for hydroxylation is 2. The van der Waals surface area contributed by atoms with Crippen LogP contribution in [0.5, 0.6) is 0 Å². The van der Waals surface area contributed by atoms with Crippen LogP contribution in [0.15, 0.2) is 33.8 Å². The molecule has 1 aliphatic carbocycles. The summed E-state index contributed by atoms with van der Waals surface area (Å²) in [5, 5.41) is 3.76. The highest BCUT2D eigenvalue weighted by Gasteiger charge is 2.32. The summed E-state index contributed by atoms with van der Waals surface area (Å²) in [7, 11) is -3.36. The Labute approximate surface area is 118 Å². The molecule has 1 saturated carbocycles. The first-order chi connectivity index (χ1) is 9.47. The van der Waals surface area contributed by atoms with Crippen molar-refractivity contribution in [3.8, 4) is 0 Å². The molecule has 0 unspecified atom stereocenters. The monoisotopic (exact) mass is 291 g/mol. The van der Waals surface area contributed by atoms with Gasteiger partial charge in [0.15, 0.2) is 9.84 Å². The predicted octanol–water partition coefficient (Wildman–Crippen LogP) is 3.14. The fourth-order valence-electron chi connectivity index (χ4n) is 2.49. The standard InChI is InChI=1S/C15H17NO3S/c1-10-3-6-14(11(2)7-10)20(17,18)9-13-8-16-19-15(13)12-4-5-12/h3,6-8,12H,4-5,9H2,1-2H3. The fourth-order valence-corrected chi connectivity index (χ4v) is 4.10. The lowest BCUT2D eigenvalue weighted by Crippen LogP contribution is -2.07. The van der Waals surface area contributed by atoms with Crippen LogP contribution in [0, 0.1) is 13.8 Å². The molecule has 1 heterocycles. The van der Waals surface area contributed by atoms with Gasteiger partial charge in [0, 0.05) is 11.5 Å². The Balaban J connectivity index is 1.94. The molecular weight excluding hydrogens is 274 g/mol. The maximum absolute atomic E-state index is 12.6. The van der Waals surface area contributed by atoms with Gasteiger partial charge in [-0.05, 0) is 38.3 Å². The highest BCUT2D eigenvalue weighted by atomic mass is 32.2. The van der Waals surface area contributed by atoms with Crippen LogP contribution in [-0.4, -0.2) is 13.6 Å². The van der Waals surface area contributed by atoms with Crippen molar-refractivity contribution in [2.24, 2.45) is 0 Å². The SMILES string of the molecule is Cc1ccc(S(=O)(=O)Cc2cnoc2C2CC2)c(C)c1. The summed E-state index contributed by atoms with van der Waals surface area (Å²) in [6.07, 6.45) is 3.66. The molecule has 3 rings (SSSR count). The average molecular weight is 291 g/mol. The molecule has 4 nitrogen and oxygen atoms in total. The number of nitrogens with zero attached hydrogens (tertiary/aromatic N) is 1. The van der Waals surface area contributed by atoms with Crippen LogP contribution in [0.1, 0.15) is 41.2 Å². The summed E-state index contributed by atoms with van der Waals surface area (Å²) in [4.78, 5) is 0.394. The first-order valence-electron chi connectivity index (χ1n) is 6.71. The van der Waals surface area contributed by atoms with E-state index < -0.39 is 9.84 Å². The smallest absolute Gasteiger partial charge is 0.182 e. The lowest BCUT2D eigenvalue weighted by molar-refractivity contribution is 0.383. The summed E-state index contributed by atoms with van der Waals surface area (Å²) in [6, 6.07) is 5.40. The van der Waals surface area contributed by atoms with E-state index in [1.807, 2.05) is 26.0 Å². The number of aromatic nitrogens is 1. The Morgan fingerprint density at radius 2 is 2.05 bits per heavy atom. The molecule has 0 spiro atoms. The topological polar surface area (TPSA) is 60.2 Å². The Hall–Kier alpha value is -1.62. The molecular formula is C15H17NO3S. The second-order valence-electron chi connectivity index (χ2n) is 5.52. The molecule has 1 fully saturated rings. The van der Waals surface area contributed by atoms with E-state index in [9.17, 15) is 8.42 Å². The largest absolute Gasteiger partial charge is 0.361 e. The van der Waals surface area contributed by atoms with Gasteiger partial charge in [-0.2, -0.15) is 0 Å². The highest BCUT2D eigenvalue weighted by Crippen LogP contribution is 2.42. The third-order valence-corrected chi connectivity index (χ3v) is 5.45. The van der Waals surface area contributed by atoms with Crippen molar-refractivity contribution >= 4 is 9.84 Å². The second-order valence-corrected chi connectivity index (χ2v) is 7.48. The third kappa shape index (κ3) is 2.50. The summed E-state index contributed by atoms with van der Waals surface area (Å²) in [5.74, 6) is 1.08. The molecule has 2 aromatic rings. The van der Waals surface area contributed by atoms with Gasteiger partial charge in [0.05, 0.1) is 16.8 Å². The van der Waals surface area contributed by atoms with Crippen molar-refractivity contribution in [3.05, 3.63) is 46.8 Å². The van der Waals surface area contributed by atoms with Crippen LogP contribution < -0.4 is 0 Å².